The monoisotopic (exact) mass is 239 g/mol. The van der Waals surface area contributed by atoms with Crippen molar-refractivity contribution in [3.63, 3.8) is 0 Å². The summed E-state index contributed by atoms with van der Waals surface area (Å²) in [6.07, 6.45) is 3.32. The molecule has 0 aliphatic carbocycles. The van der Waals surface area contributed by atoms with E-state index < -0.39 is 0 Å². The second kappa shape index (κ2) is 6.37. The van der Waals surface area contributed by atoms with Crippen molar-refractivity contribution >= 4 is 17.2 Å². The summed E-state index contributed by atoms with van der Waals surface area (Å²) in [5.74, 6) is 0. The lowest BCUT2D eigenvalue weighted by Crippen LogP contribution is -2.14. The average molecular weight is 239 g/mol. The topological polar surface area (TPSA) is 61.0 Å². The summed E-state index contributed by atoms with van der Waals surface area (Å²) in [7, 11) is 0. The quantitative estimate of drug-likeness (QED) is 0.607. The standard InChI is InChI=1S/C11H17N3OS/c1-3-4-5-6-15-11-13-8(2)7-9(14-11)10(12)16/h7H,3-6H2,1-2H3,(H2,12,16). The lowest BCUT2D eigenvalue weighted by molar-refractivity contribution is 0.282. The van der Waals surface area contributed by atoms with Crippen LogP contribution in [-0.4, -0.2) is 21.6 Å². The Hall–Kier alpha value is -1.23. The summed E-state index contributed by atoms with van der Waals surface area (Å²) >= 11 is 4.87. The van der Waals surface area contributed by atoms with Crippen molar-refractivity contribution in [3.8, 4) is 6.01 Å². The first-order chi connectivity index (χ1) is 7.63. The molecule has 0 fully saturated rings. The molecule has 16 heavy (non-hydrogen) atoms. The van der Waals surface area contributed by atoms with Crippen molar-refractivity contribution in [1.29, 1.82) is 0 Å². The van der Waals surface area contributed by atoms with Gasteiger partial charge in [-0.3, -0.25) is 0 Å². The fourth-order valence-electron chi connectivity index (χ4n) is 1.25. The summed E-state index contributed by atoms with van der Waals surface area (Å²) in [4.78, 5) is 8.56. The number of aryl methyl sites for hydroxylation is 1. The second-order valence-corrected chi connectivity index (χ2v) is 4.04. The highest BCUT2D eigenvalue weighted by Gasteiger charge is 2.05. The Bertz CT molecular complexity index is 368. The lowest BCUT2D eigenvalue weighted by Gasteiger charge is -2.06. The average Bonchev–Trinajstić information content (AvgIpc) is 2.23. The number of thiocarbonyl (C=S) groups is 1. The first-order valence-corrected chi connectivity index (χ1v) is 5.82. The molecule has 0 amide bonds. The van der Waals surface area contributed by atoms with Gasteiger partial charge >= 0.3 is 6.01 Å². The third kappa shape index (κ3) is 4.10. The van der Waals surface area contributed by atoms with E-state index in [4.69, 9.17) is 22.7 Å². The van der Waals surface area contributed by atoms with Crippen LogP contribution < -0.4 is 10.5 Å². The van der Waals surface area contributed by atoms with Gasteiger partial charge in [0, 0.05) is 5.69 Å². The van der Waals surface area contributed by atoms with Gasteiger partial charge in [-0.1, -0.05) is 32.0 Å². The van der Waals surface area contributed by atoms with E-state index in [0.717, 1.165) is 25.0 Å². The molecule has 0 aliphatic heterocycles. The SMILES string of the molecule is CCCCCOc1nc(C)cc(C(N)=S)n1. The van der Waals surface area contributed by atoms with Crippen molar-refractivity contribution in [1.82, 2.24) is 9.97 Å². The molecule has 0 spiro atoms. The Morgan fingerprint density at radius 2 is 2.19 bits per heavy atom. The molecule has 0 radical (unpaired) electrons. The van der Waals surface area contributed by atoms with Gasteiger partial charge in [-0.05, 0) is 19.4 Å². The molecule has 0 aromatic carbocycles. The zero-order chi connectivity index (χ0) is 12.0. The van der Waals surface area contributed by atoms with Gasteiger partial charge < -0.3 is 10.5 Å². The maximum Gasteiger partial charge on any atom is 0.317 e. The highest BCUT2D eigenvalue weighted by molar-refractivity contribution is 7.80. The van der Waals surface area contributed by atoms with Gasteiger partial charge in [0.1, 0.15) is 10.7 Å². The minimum atomic E-state index is 0.268. The minimum absolute atomic E-state index is 0.268. The van der Waals surface area contributed by atoms with E-state index >= 15 is 0 Å². The van der Waals surface area contributed by atoms with E-state index in [-0.39, 0.29) is 4.99 Å². The molecular formula is C11H17N3OS. The highest BCUT2D eigenvalue weighted by Crippen LogP contribution is 2.08. The highest BCUT2D eigenvalue weighted by atomic mass is 32.1. The number of hydrogen-bond donors (Lipinski definition) is 1. The van der Waals surface area contributed by atoms with Gasteiger partial charge in [0.2, 0.25) is 0 Å². The Kier molecular flexibility index (Phi) is 5.11. The number of aromatic nitrogens is 2. The summed E-state index contributed by atoms with van der Waals surface area (Å²) in [5, 5.41) is 0. The smallest absolute Gasteiger partial charge is 0.317 e. The number of rotatable bonds is 6. The maximum absolute atomic E-state index is 5.51. The van der Waals surface area contributed by atoms with Gasteiger partial charge in [-0.15, -0.1) is 0 Å². The van der Waals surface area contributed by atoms with E-state index in [1.54, 1.807) is 6.07 Å². The van der Waals surface area contributed by atoms with Crippen molar-refractivity contribution < 1.29 is 4.74 Å². The molecule has 2 N–H and O–H groups in total. The molecule has 1 rings (SSSR count). The third-order valence-electron chi connectivity index (χ3n) is 2.07. The van der Waals surface area contributed by atoms with Crippen LogP contribution in [0.2, 0.25) is 0 Å². The van der Waals surface area contributed by atoms with Gasteiger partial charge in [0.05, 0.1) is 6.61 Å². The van der Waals surface area contributed by atoms with Crippen LogP contribution in [0.15, 0.2) is 6.07 Å². The van der Waals surface area contributed by atoms with Crippen LogP contribution in [0.5, 0.6) is 6.01 Å². The maximum atomic E-state index is 5.51. The second-order valence-electron chi connectivity index (χ2n) is 3.60. The van der Waals surface area contributed by atoms with Crippen LogP contribution in [-0.2, 0) is 0 Å². The Morgan fingerprint density at radius 3 is 2.81 bits per heavy atom. The Balaban J connectivity index is 2.62. The Morgan fingerprint density at radius 1 is 1.44 bits per heavy atom. The lowest BCUT2D eigenvalue weighted by atomic mass is 10.3. The van der Waals surface area contributed by atoms with Gasteiger partial charge in [0.25, 0.3) is 0 Å². The van der Waals surface area contributed by atoms with Gasteiger partial charge in [-0.2, -0.15) is 4.98 Å². The molecular weight excluding hydrogens is 222 g/mol. The number of nitrogens with zero attached hydrogens (tertiary/aromatic N) is 2. The zero-order valence-electron chi connectivity index (χ0n) is 9.69. The fraction of sp³-hybridized carbons (Fsp3) is 0.545. The summed E-state index contributed by atoms with van der Waals surface area (Å²) in [5.41, 5.74) is 6.89. The number of ether oxygens (including phenoxy) is 1. The predicted molar refractivity (Wildman–Crippen MR) is 67.7 cm³/mol. The number of unbranched alkanes of at least 4 members (excludes halogenated alkanes) is 2. The first kappa shape index (κ1) is 12.8. The van der Waals surface area contributed by atoms with Crippen LogP contribution in [0, 0.1) is 6.92 Å². The van der Waals surface area contributed by atoms with Crippen LogP contribution in [0.3, 0.4) is 0 Å². The first-order valence-electron chi connectivity index (χ1n) is 5.41. The van der Waals surface area contributed by atoms with Crippen molar-refractivity contribution in [2.75, 3.05) is 6.61 Å². The molecule has 1 aromatic heterocycles. The summed E-state index contributed by atoms with van der Waals surface area (Å²) in [6, 6.07) is 2.11. The van der Waals surface area contributed by atoms with Crippen LogP contribution in [0.1, 0.15) is 37.6 Å². The molecule has 0 aliphatic rings. The molecule has 0 bridgehead atoms. The molecule has 5 heteroatoms. The van der Waals surface area contributed by atoms with Crippen LogP contribution >= 0.6 is 12.2 Å². The third-order valence-corrected chi connectivity index (χ3v) is 2.27. The van der Waals surface area contributed by atoms with E-state index in [1.165, 1.54) is 0 Å². The normalized spacial score (nSPS) is 10.1. The van der Waals surface area contributed by atoms with Crippen molar-refractivity contribution in [3.05, 3.63) is 17.5 Å². The van der Waals surface area contributed by atoms with Gasteiger partial charge in [0.15, 0.2) is 0 Å². The molecule has 88 valence electrons. The van der Waals surface area contributed by atoms with E-state index in [1.807, 2.05) is 6.92 Å². The summed E-state index contributed by atoms with van der Waals surface area (Å²) in [6.45, 7) is 4.64. The van der Waals surface area contributed by atoms with Crippen molar-refractivity contribution in [2.45, 2.75) is 33.1 Å². The van der Waals surface area contributed by atoms with E-state index in [9.17, 15) is 0 Å². The largest absolute Gasteiger partial charge is 0.463 e. The molecule has 0 atom stereocenters. The number of hydrogen-bond acceptors (Lipinski definition) is 4. The molecule has 0 unspecified atom stereocenters. The molecule has 4 nitrogen and oxygen atoms in total. The molecule has 0 saturated carbocycles. The van der Waals surface area contributed by atoms with Crippen LogP contribution in [0.4, 0.5) is 0 Å². The van der Waals surface area contributed by atoms with Gasteiger partial charge in [-0.25, -0.2) is 4.98 Å². The molecule has 1 aromatic rings. The molecule has 1 heterocycles. The van der Waals surface area contributed by atoms with Crippen LogP contribution in [0.25, 0.3) is 0 Å². The Labute approximate surface area is 101 Å². The molecule has 0 saturated heterocycles. The summed E-state index contributed by atoms with van der Waals surface area (Å²) < 4.78 is 5.44. The zero-order valence-corrected chi connectivity index (χ0v) is 10.5. The predicted octanol–water partition coefficient (Wildman–Crippen LogP) is 1.99. The van der Waals surface area contributed by atoms with E-state index in [2.05, 4.69) is 16.9 Å². The minimum Gasteiger partial charge on any atom is -0.463 e. The van der Waals surface area contributed by atoms with Crippen molar-refractivity contribution in [2.24, 2.45) is 5.73 Å². The fourth-order valence-corrected chi connectivity index (χ4v) is 1.35. The van der Waals surface area contributed by atoms with E-state index in [0.29, 0.717) is 18.3 Å². The number of nitrogens with two attached hydrogens (primary N) is 1.